The first-order chi connectivity index (χ1) is 7.69. The lowest BCUT2D eigenvalue weighted by atomic mass is 10.3. The number of anilines is 1. The molecule has 4 heteroatoms. The number of aromatic nitrogens is 2. The fraction of sp³-hybridized carbons (Fsp3) is 0.667. The van der Waals surface area contributed by atoms with Crippen LogP contribution in [-0.4, -0.2) is 23.1 Å². The number of ether oxygens (including phenoxy) is 1. The van der Waals surface area contributed by atoms with Gasteiger partial charge in [-0.2, -0.15) is 4.98 Å². The topological polar surface area (TPSA) is 47.0 Å². The number of nitrogens with one attached hydrogen (secondary N) is 1. The van der Waals surface area contributed by atoms with Crippen molar-refractivity contribution >= 4 is 5.82 Å². The van der Waals surface area contributed by atoms with Crippen molar-refractivity contribution in [2.24, 2.45) is 0 Å². The van der Waals surface area contributed by atoms with Crippen molar-refractivity contribution in [3.63, 3.8) is 0 Å². The molecular weight excluding hydrogens is 202 g/mol. The van der Waals surface area contributed by atoms with E-state index in [4.69, 9.17) is 4.74 Å². The van der Waals surface area contributed by atoms with Crippen LogP contribution < -0.4 is 10.1 Å². The first kappa shape index (κ1) is 12.7. The molecule has 1 N–H and O–H groups in total. The van der Waals surface area contributed by atoms with Gasteiger partial charge in [0.2, 0.25) is 5.88 Å². The van der Waals surface area contributed by atoms with E-state index >= 15 is 0 Å². The van der Waals surface area contributed by atoms with Gasteiger partial charge >= 0.3 is 0 Å². The number of hydrogen-bond donors (Lipinski definition) is 1. The zero-order chi connectivity index (χ0) is 12.0. The van der Waals surface area contributed by atoms with E-state index in [1.165, 1.54) is 0 Å². The maximum atomic E-state index is 5.70. The Labute approximate surface area is 97.5 Å². The number of rotatable bonds is 6. The standard InChI is InChI=1S/C12H21N3O/c1-5-7-10-14-11(13-4)8-12(15-10)16-9(3)6-2/h8-9H,5-7H2,1-4H3,(H,13,14,15). The SMILES string of the molecule is CCCc1nc(NC)cc(OC(C)CC)n1. The Hall–Kier alpha value is -1.32. The van der Waals surface area contributed by atoms with Crippen LogP contribution in [0.2, 0.25) is 0 Å². The third kappa shape index (κ3) is 3.68. The van der Waals surface area contributed by atoms with Gasteiger partial charge in [0.05, 0.1) is 6.10 Å². The molecule has 0 aliphatic rings. The second-order valence-electron chi connectivity index (χ2n) is 3.84. The molecule has 0 aliphatic heterocycles. The van der Waals surface area contributed by atoms with Gasteiger partial charge in [0.15, 0.2) is 0 Å². The van der Waals surface area contributed by atoms with Crippen LogP contribution in [0.25, 0.3) is 0 Å². The molecule has 1 rings (SSSR count). The van der Waals surface area contributed by atoms with Crippen LogP contribution >= 0.6 is 0 Å². The lowest BCUT2D eigenvalue weighted by Crippen LogP contribution is -2.12. The highest BCUT2D eigenvalue weighted by Gasteiger charge is 2.07. The van der Waals surface area contributed by atoms with Crippen molar-refractivity contribution in [3.8, 4) is 5.88 Å². The predicted molar refractivity (Wildman–Crippen MR) is 66.0 cm³/mol. The summed E-state index contributed by atoms with van der Waals surface area (Å²) in [5, 5.41) is 3.03. The Morgan fingerprint density at radius 1 is 1.38 bits per heavy atom. The van der Waals surface area contributed by atoms with E-state index in [1.54, 1.807) is 0 Å². The van der Waals surface area contributed by atoms with Crippen LogP contribution in [-0.2, 0) is 6.42 Å². The molecule has 4 nitrogen and oxygen atoms in total. The van der Waals surface area contributed by atoms with Gasteiger partial charge in [-0.05, 0) is 19.8 Å². The first-order valence-corrected chi connectivity index (χ1v) is 5.91. The molecule has 90 valence electrons. The minimum atomic E-state index is 0.189. The first-order valence-electron chi connectivity index (χ1n) is 5.91. The van der Waals surface area contributed by atoms with E-state index < -0.39 is 0 Å². The summed E-state index contributed by atoms with van der Waals surface area (Å²) >= 11 is 0. The van der Waals surface area contributed by atoms with E-state index in [-0.39, 0.29) is 6.10 Å². The maximum absolute atomic E-state index is 5.70. The molecule has 0 aliphatic carbocycles. The van der Waals surface area contributed by atoms with Crippen molar-refractivity contribution < 1.29 is 4.74 Å². The molecule has 1 heterocycles. The van der Waals surface area contributed by atoms with Crippen LogP contribution in [0.4, 0.5) is 5.82 Å². The van der Waals surface area contributed by atoms with E-state index in [0.29, 0.717) is 5.88 Å². The van der Waals surface area contributed by atoms with E-state index in [0.717, 1.165) is 30.9 Å². The molecule has 0 saturated heterocycles. The summed E-state index contributed by atoms with van der Waals surface area (Å²) in [6.07, 6.45) is 3.08. The molecule has 0 fully saturated rings. The fourth-order valence-electron chi connectivity index (χ4n) is 1.29. The zero-order valence-corrected chi connectivity index (χ0v) is 10.6. The Morgan fingerprint density at radius 2 is 2.12 bits per heavy atom. The number of aryl methyl sites for hydroxylation is 1. The Kier molecular flexibility index (Phi) is 5.02. The van der Waals surface area contributed by atoms with Crippen LogP contribution in [0, 0.1) is 0 Å². The normalized spacial score (nSPS) is 12.2. The van der Waals surface area contributed by atoms with Crippen LogP contribution in [0.3, 0.4) is 0 Å². The fourth-order valence-corrected chi connectivity index (χ4v) is 1.29. The summed E-state index contributed by atoms with van der Waals surface area (Å²) in [5.41, 5.74) is 0. The van der Waals surface area contributed by atoms with Gasteiger partial charge in [-0.15, -0.1) is 0 Å². The third-order valence-electron chi connectivity index (χ3n) is 2.38. The second kappa shape index (κ2) is 6.30. The van der Waals surface area contributed by atoms with E-state index in [1.807, 2.05) is 20.0 Å². The highest BCUT2D eigenvalue weighted by Crippen LogP contribution is 2.16. The molecule has 0 radical (unpaired) electrons. The van der Waals surface area contributed by atoms with Gasteiger partial charge in [-0.25, -0.2) is 4.98 Å². The Bertz CT molecular complexity index is 328. The van der Waals surface area contributed by atoms with Gasteiger partial charge in [0.25, 0.3) is 0 Å². The van der Waals surface area contributed by atoms with Gasteiger partial charge in [-0.1, -0.05) is 13.8 Å². The highest BCUT2D eigenvalue weighted by molar-refractivity contribution is 5.37. The van der Waals surface area contributed by atoms with Crippen LogP contribution in [0.15, 0.2) is 6.07 Å². The Balaban J connectivity index is 2.85. The van der Waals surface area contributed by atoms with Crippen molar-refractivity contribution in [2.45, 2.75) is 46.1 Å². The van der Waals surface area contributed by atoms with Crippen molar-refractivity contribution in [1.82, 2.24) is 9.97 Å². The zero-order valence-electron chi connectivity index (χ0n) is 10.6. The molecule has 1 atom stereocenters. The van der Waals surface area contributed by atoms with E-state index in [2.05, 4.69) is 29.1 Å². The summed E-state index contributed by atoms with van der Waals surface area (Å²) in [5.74, 6) is 2.32. The monoisotopic (exact) mass is 223 g/mol. The van der Waals surface area contributed by atoms with Gasteiger partial charge in [-0.3, -0.25) is 0 Å². The second-order valence-corrected chi connectivity index (χ2v) is 3.84. The molecule has 16 heavy (non-hydrogen) atoms. The summed E-state index contributed by atoms with van der Waals surface area (Å²) in [7, 11) is 1.85. The highest BCUT2D eigenvalue weighted by atomic mass is 16.5. The van der Waals surface area contributed by atoms with Crippen molar-refractivity contribution in [2.75, 3.05) is 12.4 Å². The summed E-state index contributed by atoms with van der Waals surface area (Å²) < 4.78 is 5.70. The minimum Gasteiger partial charge on any atom is -0.475 e. The molecule has 1 aromatic heterocycles. The summed E-state index contributed by atoms with van der Waals surface area (Å²) in [6.45, 7) is 6.25. The van der Waals surface area contributed by atoms with E-state index in [9.17, 15) is 0 Å². The minimum absolute atomic E-state index is 0.189. The Morgan fingerprint density at radius 3 is 2.69 bits per heavy atom. The molecular formula is C12H21N3O. The molecule has 1 aromatic rings. The molecule has 0 amide bonds. The quantitative estimate of drug-likeness (QED) is 0.805. The van der Waals surface area contributed by atoms with Gasteiger partial charge in [0.1, 0.15) is 11.6 Å². The third-order valence-corrected chi connectivity index (χ3v) is 2.38. The van der Waals surface area contributed by atoms with Gasteiger partial charge in [0, 0.05) is 19.5 Å². The van der Waals surface area contributed by atoms with Crippen LogP contribution in [0.5, 0.6) is 5.88 Å². The molecule has 0 bridgehead atoms. The largest absolute Gasteiger partial charge is 0.475 e. The number of nitrogens with zero attached hydrogens (tertiary/aromatic N) is 2. The maximum Gasteiger partial charge on any atom is 0.218 e. The smallest absolute Gasteiger partial charge is 0.218 e. The average molecular weight is 223 g/mol. The predicted octanol–water partition coefficient (Wildman–Crippen LogP) is 2.65. The summed E-state index contributed by atoms with van der Waals surface area (Å²) in [6, 6.07) is 1.84. The van der Waals surface area contributed by atoms with Crippen LogP contribution in [0.1, 0.15) is 39.4 Å². The average Bonchev–Trinajstić information content (AvgIpc) is 2.29. The van der Waals surface area contributed by atoms with Crippen molar-refractivity contribution in [1.29, 1.82) is 0 Å². The summed E-state index contributed by atoms with van der Waals surface area (Å²) in [4.78, 5) is 8.76. The lowest BCUT2D eigenvalue weighted by Gasteiger charge is -2.13. The van der Waals surface area contributed by atoms with Crippen molar-refractivity contribution in [3.05, 3.63) is 11.9 Å². The molecule has 0 saturated carbocycles. The molecule has 0 aromatic carbocycles. The van der Waals surface area contributed by atoms with Gasteiger partial charge < -0.3 is 10.1 Å². The molecule has 1 unspecified atom stereocenters. The lowest BCUT2D eigenvalue weighted by molar-refractivity contribution is 0.208. The number of hydrogen-bond acceptors (Lipinski definition) is 4. The molecule has 0 spiro atoms.